The Kier molecular flexibility index (Phi) is 5.08. The van der Waals surface area contributed by atoms with Gasteiger partial charge in [0.25, 0.3) is 0 Å². The minimum Gasteiger partial charge on any atom is -0.372 e. The Morgan fingerprint density at radius 3 is 2.48 bits per heavy atom. The molecule has 0 aliphatic carbocycles. The fraction of sp³-hybridized carbons (Fsp3) is 0.579. The molecule has 3 rings (SSSR count). The molecule has 2 heterocycles. The number of piperidine rings is 1. The van der Waals surface area contributed by atoms with E-state index in [4.69, 9.17) is 4.74 Å². The van der Waals surface area contributed by atoms with E-state index in [2.05, 4.69) is 0 Å². The minimum absolute atomic E-state index is 0.0189. The quantitative estimate of drug-likeness (QED) is 0.824. The van der Waals surface area contributed by atoms with Crippen molar-refractivity contribution in [2.45, 2.75) is 44.9 Å². The van der Waals surface area contributed by atoms with Crippen LogP contribution >= 0.6 is 0 Å². The van der Waals surface area contributed by atoms with Crippen LogP contribution in [-0.4, -0.2) is 54.0 Å². The van der Waals surface area contributed by atoms with Gasteiger partial charge in [-0.1, -0.05) is 18.2 Å². The molecule has 6 heteroatoms. The van der Waals surface area contributed by atoms with E-state index in [0.29, 0.717) is 31.5 Å². The number of morpholine rings is 1. The molecule has 4 atom stereocenters. The van der Waals surface area contributed by atoms with E-state index in [1.54, 1.807) is 30.1 Å². The molecule has 1 aromatic carbocycles. The third kappa shape index (κ3) is 3.54. The van der Waals surface area contributed by atoms with Gasteiger partial charge in [0.2, 0.25) is 11.8 Å². The summed E-state index contributed by atoms with van der Waals surface area (Å²) in [6, 6.07) is 5.84. The predicted octanol–water partition coefficient (Wildman–Crippen LogP) is 2.37. The Hall–Kier alpha value is -1.95. The lowest BCUT2D eigenvalue weighted by Gasteiger charge is -2.43. The van der Waals surface area contributed by atoms with Gasteiger partial charge in [-0.15, -0.1) is 0 Å². The summed E-state index contributed by atoms with van der Waals surface area (Å²) < 4.78 is 20.1. The summed E-state index contributed by atoms with van der Waals surface area (Å²) in [5.74, 6) is -0.886. The molecule has 1 aromatic rings. The van der Waals surface area contributed by atoms with E-state index in [0.717, 1.165) is 0 Å². The first kappa shape index (κ1) is 17.9. The number of ether oxygens (including phenoxy) is 1. The van der Waals surface area contributed by atoms with E-state index < -0.39 is 12.0 Å². The van der Waals surface area contributed by atoms with Crippen LogP contribution in [0, 0.1) is 11.7 Å². The molecule has 2 aliphatic rings. The van der Waals surface area contributed by atoms with Crippen molar-refractivity contribution in [1.82, 2.24) is 9.80 Å². The minimum atomic E-state index is -0.566. The van der Waals surface area contributed by atoms with Gasteiger partial charge in [-0.25, -0.2) is 4.39 Å². The van der Waals surface area contributed by atoms with Crippen LogP contribution in [0.2, 0.25) is 0 Å². The van der Waals surface area contributed by atoms with E-state index >= 15 is 0 Å². The van der Waals surface area contributed by atoms with Crippen molar-refractivity contribution in [3.05, 3.63) is 35.6 Å². The van der Waals surface area contributed by atoms with Crippen molar-refractivity contribution in [3.8, 4) is 0 Å². The van der Waals surface area contributed by atoms with Gasteiger partial charge in [0.05, 0.1) is 24.2 Å². The lowest BCUT2D eigenvalue weighted by atomic mass is 9.83. The van der Waals surface area contributed by atoms with Crippen LogP contribution in [-0.2, 0) is 14.3 Å². The number of benzene rings is 1. The molecule has 0 radical (unpaired) electrons. The number of halogens is 1. The zero-order valence-electron chi connectivity index (χ0n) is 14.9. The molecule has 0 saturated carbocycles. The van der Waals surface area contributed by atoms with Gasteiger partial charge < -0.3 is 14.5 Å². The molecular weight excluding hydrogens is 323 g/mol. The summed E-state index contributed by atoms with van der Waals surface area (Å²) in [6.07, 6.45) is 0.708. The molecule has 5 nitrogen and oxygen atoms in total. The number of rotatable bonds is 2. The first-order valence-electron chi connectivity index (χ1n) is 8.82. The third-order valence-corrected chi connectivity index (χ3v) is 5.13. The smallest absolute Gasteiger partial charge is 0.228 e. The number of hydrogen-bond donors (Lipinski definition) is 0. The van der Waals surface area contributed by atoms with Gasteiger partial charge in [0.15, 0.2) is 0 Å². The van der Waals surface area contributed by atoms with Crippen LogP contribution in [0.25, 0.3) is 0 Å². The van der Waals surface area contributed by atoms with Gasteiger partial charge in [-0.05, 0) is 26.3 Å². The van der Waals surface area contributed by atoms with Gasteiger partial charge in [-0.2, -0.15) is 0 Å². The van der Waals surface area contributed by atoms with Gasteiger partial charge in [-0.3, -0.25) is 9.59 Å². The summed E-state index contributed by atoms with van der Waals surface area (Å²) >= 11 is 0. The average Bonchev–Trinajstić information content (AvgIpc) is 2.56. The highest BCUT2D eigenvalue weighted by Crippen LogP contribution is 2.38. The largest absolute Gasteiger partial charge is 0.372 e. The van der Waals surface area contributed by atoms with E-state index in [1.165, 1.54) is 11.0 Å². The Morgan fingerprint density at radius 2 is 1.84 bits per heavy atom. The maximum atomic E-state index is 14.4. The lowest BCUT2D eigenvalue weighted by Crippen LogP contribution is -2.53. The summed E-state index contributed by atoms with van der Waals surface area (Å²) in [7, 11) is 1.66. The Bertz CT molecular complexity index is 656. The number of carbonyl (C=O) groups excluding carboxylic acids is 2. The molecule has 0 aromatic heterocycles. The van der Waals surface area contributed by atoms with Crippen LogP contribution in [0.3, 0.4) is 0 Å². The van der Waals surface area contributed by atoms with Crippen LogP contribution in [0.1, 0.15) is 38.3 Å². The molecule has 2 amide bonds. The molecule has 2 saturated heterocycles. The van der Waals surface area contributed by atoms with Gasteiger partial charge >= 0.3 is 0 Å². The second kappa shape index (κ2) is 7.12. The number of carbonyl (C=O) groups is 2. The van der Waals surface area contributed by atoms with Crippen molar-refractivity contribution in [2.24, 2.45) is 5.92 Å². The van der Waals surface area contributed by atoms with Crippen LogP contribution < -0.4 is 0 Å². The average molecular weight is 348 g/mol. The topological polar surface area (TPSA) is 49.9 Å². The fourth-order valence-electron chi connectivity index (χ4n) is 4.03. The van der Waals surface area contributed by atoms with Crippen molar-refractivity contribution in [1.29, 1.82) is 0 Å². The molecule has 0 N–H and O–H groups in total. The van der Waals surface area contributed by atoms with Gasteiger partial charge in [0.1, 0.15) is 5.82 Å². The van der Waals surface area contributed by atoms with Crippen LogP contribution in [0.5, 0.6) is 0 Å². The number of likely N-dealkylation sites (tertiary alicyclic amines) is 1. The van der Waals surface area contributed by atoms with Gasteiger partial charge in [0, 0.05) is 32.1 Å². The van der Waals surface area contributed by atoms with Crippen molar-refractivity contribution < 1.29 is 18.7 Å². The zero-order valence-corrected chi connectivity index (χ0v) is 14.9. The third-order valence-electron chi connectivity index (χ3n) is 5.13. The van der Waals surface area contributed by atoms with Crippen molar-refractivity contribution >= 4 is 11.8 Å². The lowest BCUT2D eigenvalue weighted by molar-refractivity contribution is -0.154. The Balaban J connectivity index is 1.91. The molecule has 0 bridgehead atoms. The predicted molar refractivity (Wildman–Crippen MR) is 91.2 cm³/mol. The molecule has 0 unspecified atom stereocenters. The summed E-state index contributed by atoms with van der Waals surface area (Å²) in [5.41, 5.74) is 0.408. The Labute approximate surface area is 147 Å². The van der Waals surface area contributed by atoms with Crippen molar-refractivity contribution in [3.63, 3.8) is 0 Å². The molecule has 136 valence electrons. The Morgan fingerprint density at radius 1 is 1.20 bits per heavy atom. The normalized spacial score (nSPS) is 30.5. The van der Waals surface area contributed by atoms with Crippen LogP contribution in [0.4, 0.5) is 4.39 Å². The maximum Gasteiger partial charge on any atom is 0.228 e. The number of amides is 2. The fourth-order valence-corrected chi connectivity index (χ4v) is 4.03. The maximum absolute atomic E-state index is 14.4. The second-order valence-electron chi connectivity index (χ2n) is 7.12. The SMILES string of the molecule is C[C@@H]1CN(C(=O)[C@@H]2CCC(=O)N(C)[C@H]2c2ccccc2F)C[C@H](C)O1. The number of hydrogen-bond acceptors (Lipinski definition) is 3. The van der Waals surface area contributed by atoms with E-state index in [1.807, 2.05) is 13.8 Å². The van der Waals surface area contributed by atoms with Crippen molar-refractivity contribution in [2.75, 3.05) is 20.1 Å². The second-order valence-corrected chi connectivity index (χ2v) is 7.12. The molecule has 0 spiro atoms. The highest BCUT2D eigenvalue weighted by Gasteiger charge is 2.42. The zero-order chi connectivity index (χ0) is 18.1. The summed E-state index contributed by atoms with van der Waals surface area (Å²) in [4.78, 5) is 28.7. The monoisotopic (exact) mass is 348 g/mol. The number of nitrogens with zero attached hydrogens (tertiary/aromatic N) is 2. The first-order valence-corrected chi connectivity index (χ1v) is 8.82. The molecule has 2 fully saturated rings. The molecule has 25 heavy (non-hydrogen) atoms. The first-order chi connectivity index (χ1) is 11.9. The summed E-state index contributed by atoms with van der Waals surface area (Å²) in [5, 5.41) is 0. The van der Waals surface area contributed by atoms with E-state index in [-0.39, 0.29) is 29.8 Å². The van der Waals surface area contributed by atoms with E-state index in [9.17, 15) is 14.0 Å². The molecule has 2 aliphatic heterocycles. The van der Waals surface area contributed by atoms with Crippen LogP contribution in [0.15, 0.2) is 24.3 Å². The highest BCUT2D eigenvalue weighted by atomic mass is 19.1. The molecular formula is C19H25FN2O3. The summed E-state index contributed by atoms with van der Waals surface area (Å²) in [6.45, 7) is 4.95. The standard InChI is InChI=1S/C19H25FN2O3/c1-12-10-22(11-13(2)25-12)19(24)15-8-9-17(23)21(3)18(15)14-6-4-5-7-16(14)20/h4-7,12-13,15,18H,8-11H2,1-3H3/t12-,13+,15-,18+/m1/s1. The highest BCUT2D eigenvalue weighted by molar-refractivity contribution is 5.85.